The van der Waals surface area contributed by atoms with E-state index in [0.717, 1.165) is 4.57 Å². The Labute approximate surface area is 109 Å². The van der Waals surface area contributed by atoms with E-state index in [9.17, 15) is 14.4 Å². The highest BCUT2D eigenvalue weighted by Gasteiger charge is 2.20. The summed E-state index contributed by atoms with van der Waals surface area (Å²) in [6.07, 6.45) is 1.82. The Morgan fingerprint density at radius 3 is 2.53 bits per heavy atom. The Balaban J connectivity index is 2.84. The fourth-order valence-electron chi connectivity index (χ4n) is 2.11. The standard InChI is InChI=1S/C12H16N4O3/c1-5-8(17)7(2)16-6-13-10-9(16)11(18)15(4)12(19)14(10)3/h6-7H,5H2,1-4H3/t7-/m1/s1. The number of imidazole rings is 1. The molecule has 0 aromatic carbocycles. The molecule has 1 atom stereocenters. The number of carbonyl (C=O) groups excluding carboxylic acids is 1. The molecular weight excluding hydrogens is 248 g/mol. The summed E-state index contributed by atoms with van der Waals surface area (Å²) in [5.74, 6) is 0.00945. The zero-order valence-electron chi connectivity index (χ0n) is 11.4. The maximum absolute atomic E-state index is 12.2. The number of carbonyl (C=O) groups is 1. The van der Waals surface area contributed by atoms with Crippen molar-refractivity contribution in [3.8, 4) is 0 Å². The molecule has 0 bridgehead atoms. The third kappa shape index (κ3) is 1.81. The Morgan fingerprint density at radius 2 is 1.95 bits per heavy atom. The maximum Gasteiger partial charge on any atom is 0.332 e. The SMILES string of the molecule is CCC(=O)[C@@H](C)n1cnc2c1c(=O)n(C)c(=O)n2C. The lowest BCUT2D eigenvalue weighted by molar-refractivity contribution is -0.121. The predicted molar refractivity (Wildman–Crippen MR) is 70.2 cm³/mol. The zero-order valence-corrected chi connectivity index (χ0v) is 11.4. The number of ketones is 1. The van der Waals surface area contributed by atoms with Crippen LogP contribution in [0.1, 0.15) is 26.3 Å². The second-order valence-electron chi connectivity index (χ2n) is 4.53. The van der Waals surface area contributed by atoms with Crippen molar-refractivity contribution in [2.75, 3.05) is 0 Å². The highest BCUT2D eigenvalue weighted by molar-refractivity contribution is 5.84. The summed E-state index contributed by atoms with van der Waals surface area (Å²) in [6, 6.07) is -0.472. The third-order valence-electron chi connectivity index (χ3n) is 3.40. The van der Waals surface area contributed by atoms with E-state index in [2.05, 4.69) is 4.98 Å². The number of hydrogen-bond acceptors (Lipinski definition) is 4. The molecule has 0 spiro atoms. The summed E-state index contributed by atoms with van der Waals surface area (Å²) < 4.78 is 3.85. The molecule has 19 heavy (non-hydrogen) atoms. The molecule has 2 rings (SSSR count). The summed E-state index contributed by atoms with van der Waals surface area (Å²) in [5.41, 5.74) is -0.300. The van der Waals surface area contributed by atoms with Crippen molar-refractivity contribution in [2.24, 2.45) is 14.1 Å². The second-order valence-corrected chi connectivity index (χ2v) is 4.53. The summed E-state index contributed by atoms with van der Waals surface area (Å²) in [7, 11) is 2.96. The van der Waals surface area contributed by atoms with E-state index in [0.29, 0.717) is 12.1 Å². The molecule has 7 heteroatoms. The van der Waals surface area contributed by atoms with Crippen molar-refractivity contribution in [1.29, 1.82) is 0 Å². The lowest BCUT2D eigenvalue weighted by atomic mass is 10.1. The lowest BCUT2D eigenvalue weighted by Gasteiger charge is -2.12. The Hall–Kier alpha value is -2.18. The first kappa shape index (κ1) is 13.3. The van der Waals surface area contributed by atoms with Crippen molar-refractivity contribution >= 4 is 16.9 Å². The van der Waals surface area contributed by atoms with Crippen molar-refractivity contribution in [3.05, 3.63) is 27.2 Å². The van der Waals surface area contributed by atoms with Gasteiger partial charge < -0.3 is 4.57 Å². The highest BCUT2D eigenvalue weighted by atomic mass is 16.2. The number of fused-ring (bicyclic) bond motifs is 1. The first-order chi connectivity index (χ1) is 8.90. The number of aryl methyl sites for hydroxylation is 1. The molecule has 0 fully saturated rings. The molecule has 2 aromatic rings. The molecule has 0 aliphatic carbocycles. The Morgan fingerprint density at radius 1 is 1.32 bits per heavy atom. The summed E-state index contributed by atoms with van der Waals surface area (Å²) >= 11 is 0. The van der Waals surface area contributed by atoms with Crippen LogP contribution < -0.4 is 11.2 Å². The molecule has 102 valence electrons. The lowest BCUT2D eigenvalue weighted by Crippen LogP contribution is -2.38. The number of rotatable bonds is 3. The fraction of sp³-hybridized carbons (Fsp3) is 0.500. The van der Waals surface area contributed by atoms with E-state index >= 15 is 0 Å². The first-order valence-electron chi connectivity index (χ1n) is 6.05. The minimum atomic E-state index is -0.472. The van der Waals surface area contributed by atoms with Crippen molar-refractivity contribution in [1.82, 2.24) is 18.7 Å². The van der Waals surface area contributed by atoms with Gasteiger partial charge in [0, 0.05) is 20.5 Å². The fourth-order valence-corrected chi connectivity index (χ4v) is 2.11. The zero-order chi connectivity index (χ0) is 14.3. The molecule has 0 N–H and O–H groups in total. The average Bonchev–Trinajstić information content (AvgIpc) is 2.85. The van der Waals surface area contributed by atoms with Crippen LogP contribution in [0.2, 0.25) is 0 Å². The topological polar surface area (TPSA) is 78.9 Å². The molecule has 2 heterocycles. The van der Waals surface area contributed by atoms with Gasteiger partial charge in [0.15, 0.2) is 16.9 Å². The van der Waals surface area contributed by atoms with Crippen LogP contribution >= 0.6 is 0 Å². The van der Waals surface area contributed by atoms with Crippen molar-refractivity contribution < 1.29 is 4.79 Å². The largest absolute Gasteiger partial charge is 0.332 e. The van der Waals surface area contributed by atoms with Gasteiger partial charge >= 0.3 is 5.69 Å². The summed E-state index contributed by atoms with van der Waals surface area (Å²) in [4.78, 5) is 39.8. The number of hydrogen-bond donors (Lipinski definition) is 0. The maximum atomic E-state index is 12.2. The second kappa shape index (κ2) is 4.49. The van der Waals surface area contributed by atoms with E-state index in [1.165, 1.54) is 22.5 Å². The molecule has 0 saturated heterocycles. The quantitative estimate of drug-likeness (QED) is 0.780. The smallest absolute Gasteiger partial charge is 0.314 e. The Bertz CT molecular complexity index is 766. The van der Waals surface area contributed by atoms with E-state index in [-0.39, 0.29) is 11.3 Å². The number of nitrogens with zero attached hydrogens (tertiary/aromatic N) is 4. The molecule has 0 saturated carbocycles. The molecule has 0 unspecified atom stereocenters. The van der Waals surface area contributed by atoms with Gasteiger partial charge in [-0.05, 0) is 6.92 Å². The van der Waals surface area contributed by atoms with Crippen LogP contribution in [0.3, 0.4) is 0 Å². The molecule has 0 aliphatic heterocycles. The van der Waals surface area contributed by atoms with Crippen LogP contribution in [0.5, 0.6) is 0 Å². The predicted octanol–water partition coefficient (Wildman–Crippen LogP) is -0.0262. The normalized spacial score (nSPS) is 12.8. The first-order valence-corrected chi connectivity index (χ1v) is 6.05. The van der Waals surface area contributed by atoms with E-state index in [1.54, 1.807) is 20.9 Å². The minimum Gasteiger partial charge on any atom is -0.314 e. The van der Waals surface area contributed by atoms with Gasteiger partial charge in [-0.1, -0.05) is 6.92 Å². The van der Waals surface area contributed by atoms with Gasteiger partial charge in [0.2, 0.25) is 0 Å². The molecule has 0 radical (unpaired) electrons. The Kier molecular flexibility index (Phi) is 3.13. The van der Waals surface area contributed by atoms with Gasteiger partial charge in [-0.25, -0.2) is 9.78 Å². The molecular formula is C12H16N4O3. The van der Waals surface area contributed by atoms with Gasteiger partial charge in [0.05, 0.1) is 12.4 Å². The van der Waals surface area contributed by atoms with Gasteiger partial charge in [0.25, 0.3) is 5.56 Å². The molecule has 0 amide bonds. The third-order valence-corrected chi connectivity index (χ3v) is 3.40. The van der Waals surface area contributed by atoms with Gasteiger partial charge in [-0.15, -0.1) is 0 Å². The minimum absolute atomic E-state index is 0.00945. The van der Waals surface area contributed by atoms with Crippen LogP contribution in [0.15, 0.2) is 15.9 Å². The number of aromatic nitrogens is 4. The van der Waals surface area contributed by atoms with Gasteiger partial charge in [-0.2, -0.15) is 0 Å². The van der Waals surface area contributed by atoms with E-state index < -0.39 is 17.3 Å². The van der Waals surface area contributed by atoms with E-state index in [1.807, 2.05) is 0 Å². The van der Waals surface area contributed by atoms with Crippen LogP contribution in [-0.2, 0) is 18.9 Å². The summed E-state index contributed by atoms with van der Waals surface area (Å²) in [5, 5.41) is 0. The van der Waals surface area contributed by atoms with Crippen molar-refractivity contribution in [3.63, 3.8) is 0 Å². The van der Waals surface area contributed by atoms with Gasteiger partial charge in [-0.3, -0.25) is 18.7 Å². The van der Waals surface area contributed by atoms with E-state index in [4.69, 9.17) is 0 Å². The molecule has 7 nitrogen and oxygen atoms in total. The monoisotopic (exact) mass is 264 g/mol. The number of Topliss-reactive ketones (excluding diaryl/α,β-unsaturated/α-hetero) is 1. The highest BCUT2D eigenvalue weighted by Crippen LogP contribution is 2.14. The molecule has 0 aliphatic rings. The van der Waals surface area contributed by atoms with Crippen LogP contribution in [0, 0.1) is 0 Å². The van der Waals surface area contributed by atoms with Crippen LogP contribution in [0.4, 0.5) is 0 Å². The van der Waals surface area contributed by atoms with Crippen LogP contribution in [-0.4, -0.2) is 24.5 Å². The van der Waals surface area contributed by atoms with Crippen molar-refractivity contribution in [2.45, 2.75) is 26.3 Å². The van der Waals surface area contributed by atoms with Crippen LogP contribution in [0.25, 0.3) is 11.2 Å². The average molecular weight is 264 g/mol. The van der Waals surface area contributed by atoms with Gasteiger partial charge in [0.1, 0.15) is 0 Å². The molecule has 2 aromatic heterocycles. The summed E-state index contributed by atoms with van der Waals surface area (Å²) in [6.45, 7) is 3.49.